The minimum atomic E-state index is -1.22. The Morgan fingerprint density at radius 2 is 0.673 bits per heavy atom. The average Bonchev–Trinajstić information content (AvgIpc) is 3.24. The summed E-state index contributed by atoms with van der Waals surface area (Å²) in [5.41, 5.74) is 4.76. The molecule has 5 aromatic carbocycles. The van der Waals surface area contributed by atoms with Gasteiger partial charge >= 0.3 is 0 Å². The van der Waals surface area contributed by atoms with Gasteiger partial charge in [-0.25, -0.2) is 0 Å². The Morgan fingerprint density at radius 1 is 0.364 bits per heavy atom. The molecule has 1 saturated carbocycles. The van der Waals surface area contributed by atoms with Gasteiger partial charge in [0.1, 0.15) is 61.7 Å². The Morgan fingerprint density at radius 3 is 1.02 bits per heavy atom. The molecule has 290 valence electrons. The molecule has 1 fully saturated rings. The van der Waals surface area contributed by atoms with Crippen molar-refractivity contribution in [2.75, 3.05) is 27.8 Å². The van der Waals surface area contributed by atoms with Gasteiger partial charge in [-0.15, -0.1) is 0 Å². The lowest BCUT2D eigenvalue weighted by Crippen LogP contribution is -2.67. The Labute approximate surface area is 323 Å². The van der Waals surface area contributed by atoms with Gasteiger partial charge in [-0.2, -0.15) is 0 Å². The second-order valence-corrected chi connectivity index (χ2v) is 13.2. The number of rotatable bonds is 21. The zero-order chi connectivity index (χ0) is 38.1. The van der Waals surface area contributed by atoms with E-state index in [0.717, 1.165) is 39.3 Å². The summed E-state index contributed by atoms with van der Waals surface area (Å²) in [6, 6.07) is 44.8. The van der Waals surface area contributed by atoms with Crippen molar-refractivity contribution in [3.05, 3.63) is 167 Å². The van der Waals surface area contributed by atoms with Crippen LogP contribution < -0.4 is 9.47 Å². The molecule has 0 radical (unpaired) electrons. The molecular formula is C45H50O10. The molecule has 0 saturated heterocycles. The number of benzene rings is 5. The van der Waals surface area contributed by atoms with Crippen LogP contribution in [-0.2, 0) is 66.2 Å². The van der Waals surface area contributed by atoms with Crippen molar-refractivity contribution in [2.24, 2.45) is 0 Å². The molecule has 0 unspecified atom stereocenters. The summed E-state index contributed by atoms with van der Waals surface area (Å²) in [4.78, 5) is 0. The number of hydrogen-bond acceptors (Lipinski definition) is 10. The maximum atomic E-state index is 12.2. The van der Waals surface area contributed by atoms with Gasteiger partial charge in [0.15, 0.2) is 0 Å². The lowest BCUT2D eigenvalue weighted by Gasteiger charge is -2.48. The van der Waals surface area contributed by atoms with E-state index in [1.165, 1.54) is 0 Å². The van der Waals surface area contributed by atoms with Gasteiger partial charge in [-0.05, 0) is 52.1 Å². The van der Waals surface area contributed by atoms with Gasteiger partial charge in [-0.1, -0.05) is 115 Å². The molecule has 0 amide bonds. The van der Waals surface area contributed by atoms with E-state index in [1.54, 1.807) is 14.2 Å². The third kappa shape index (κ3) is 11.9. The molecule has 55 heavy (non-hydrogen) atoms. The van der Waals surface area contributed by atoms with Gasteiger partial charge in [-0.3, -0.25) is 0 Å². The van der Waals surface area contributed by atoms with Crippen molar-refractivity contribution < 1.29 is 47.7 Å². The molecule has 0 aromatic heterocycles. The van der Waals surface area contributed by atoms with Crippen LogP contribution in [0.2, 0.25) is 0 Å². The smallest absolute Gasteiger partial charge is 0.147 e. The molecule has 0 heterocycles. The SMILES string of the molecule is COc1ccc(CO[C@@H]2[C@@H](OCc3ccccc3)[C@@H](OCOCc3ccccc3)[C@@H](O)[C@H](OCOCc3ccccc3)[C@H]2OCc2ccc(OC)cc2)cc1. The Balaban J connectivity index is 1.29. The van der Waals surface area contributed by atoms with E-state index in [1.807, 2.05) is 140 Å². The zero-order valence-corrected chi connectivity index (χ0v) is 31.3. The first-order chi connectivity index (χ1) is 27.1. The third-order valence-electron chi connectivity index (χ3n) is 9.37. The highest BCUT2D eigenvalue weighted by Gasteiger charge is 2.54. The molecule has 6 rings (SSSR count). The first-order valence-electron chi connectivity index (χ1n) is 18.4. The van der Waals surface area contributed by atoms with E-state index in [4.69, 9.17) is 42.6 Å². The minimum Gasteiger partial charge on any atom is -0.497 e. The fraction of sp³-hybridized carbons (Fsp3) is 0.333. The van der Waals surface area contributed by atoms with E-state index < -0.39 is 36.6 Å². The Bertz CT molecular complexity index is 1770. The van der Waals surface area contributed by atoms with Gasteiger partial charge in [0, 0.05) is 0 Å². The van der Waals surface area contributed by atoms with Crippen molar-refractivity contribution in [2.45, 2.75) is 69.7 Å². The molecule has 0 spiro atoms. The molecule has 10 heteroatoms. The molecule has 1 N–H and O–H groups in total. The maximum Gasteiger partial charge on any atom is 0.147 e. The predicted molar refractivity (Wildman–Crippen MR) is 206 cm³/mol. The number of ether oxygens (including phenoxy) is 9. The molecule has 0 bridgehead atoms. The highest BCUT2D eigenvalue weighted by Crippen LogP contribution is 2.34. The fourth-order valence-electron chi connectivity index (χ4n) is 6.41. The van der Waals surface area contributed by atoms with Crippen LogP contribution in [0.1, 0.15) is 27.8 Å². The lowest BCUT2D eigenvalue weighted by molar-refractivity contribution is -0.299. The van der Waals surface area contributed by atoms with Gasteiger partial charge in [0.25, 0.3) is 0 Å². The molecule has 1 aliphatic rings. The van der Waals surface area contributed by atoms with Crippen LogP contribution in [0.4, 0.5) is 0 Å². The summed E-state index contributed by atoms with van der Waals surface area (Å²) < 4.78 is 55.6. The molecule has 1 aliphatic carbocycles. The molecule has 5 aromatic rings. The van der Waals surface area contributed by atoms with E-state index in [2.05, 4.69) is 0 Å². The number of hydrogen-bond donors (Lipinski definition) is 1. The molecule has 6 atom stereocenters. The first-order valence-corrected chi connectivity index (χ1v) is 18.4. The van der Waals surface area contributed by atoms with Crippen molar-refractivity contribution in [1.82, 2.24) is 0 Å². The maximum absolute atomic E-state index is 12.2. The second kappa shape index (κ2) is 21.5. The standard InChI is InChI=1S/C45H50O10/c1-47-38-22-18-36(19-23-38)29-52-44-42(55-32-50-27-34-14-8-4-9-15-34)40(46)41(54-31-49-26-33-12-6-3-7-13-33)43(51-28-35-16-10-5-11-17-35)45(44)53-30-37-20-24-39(48-2)25-21-37/h3-25,40-46H,26-32H2,1-2H3/t40-,41+,42+,43+,44-,45-/m1/s1. The highest BCUT2D eigenvalue weighted by atomic mass is 16.7. The van der Waals surface area contributed by atoms with Crippen LogP contribution in [0.15, 0.2) is 140 Å². The zero-order valence-electron chi connectivity index (χ0n) is 31.3. The fourth-order valence-corrected chi connectivity index (χ4v) is 6.41. The average molecular weight is 751 g/mol. The van der Waals surface area contributed by atoms with Crippen molar-refractivity contribution in [1.29, 1.82) is 0 Å². The summed E-state index contributed by atoms with van der Waals surface area (Å²) in [6.07, 6.45) is -5.49. The Hall–Kier alpha value is -4.62. The second-order valence-electron chi connectivity index (χ2n) is 13.2. The summed E-state index contributed by atoms with van der Waals surface area (Å²) in [5, 5.41) is 12.2. The van der Waals surface area contributed by atoms with Crippen molar-refractivity contribution in [3.8, 4) is 11.5 Å². The van der Waals surface area contributed by atoms with Crippen LogP contribution in [0.5, 0.6) is 11.5 Å². The van der Waals surface area contributed by atoms with Crippen LogP contribution in [0.3, 0.4) is 0 Å². The van der Waals surface area contributed by atoms with E-state index in [9.17, 15) is 5.11 Å². The predicted octanol–water partition coefficient (Wildman–Crippen LogP) is 7.25. The van der Waals surface area contributed by atoms with Crippen LogP contribution in [0, 0.1) is 0 Å². The van der Waals surface area contributed by atoms with Crippen LogP contribution in [0.25, 0.3) is 0 Å². The summed E-state index contributed by atoms with van der Waals surface area (Å²) in [5.74, 6) is 1.47. The topological polar surface area (TPSA) is 103 Å². The van der Waals surface area contributed by atoms with Crippen LogP contribution in [-0.4, -0.2) is 69.5 Å². The highest BCUT2D eigenvalue weighted by molar-refractivity contribution is 5.28. The quantitative estimate of drug-likeness (QED) is 0.0610. The Kier molecular flexibility index (Phi) is 15.6. The molecule has 0 aliphatic heterocycles. The summed E-state index contributed by atoms with van der Waals surface area (Å²) in [7, 11) is 3.26. The molecule has 10 nitrogen and oxygen atoms in total. The summed E-state index contributed by atoms with van der Waals surface area (Å²) in [6.45, 7) is 1.09. The number of aliphatic hydroxyl groups excluding tert-OH is 1. The normalized spacial score (nSPS) is 20.9. The van der Waals surface area contributed by atoms with E-state index in [-0.39, 0.29) is 33.4 Å². The van der Waals surface area contributed by atoms with Crippen molar-refractivity contribution in [3.63, 3.8) is 0 Å². The van der Waals surface area contributed by atoms with Crippen molar-refractivity contribution >= 4 is 0 Å². The lowest BCUT2D eigenvalue weighted by atomic mass is 9.84. The number of aliphatic hydroxyl groups is 1. The van der Waals surface area contributed by atoms with Gasteiger partial charge in [0.05, 0.1) is 47.3 Å². The summed E-state index contributed by atoms with van der Waals surface area (Å²) >= 11 is 0. The van der Waals surface area contributed by atoms with Gasteiger partial charge < -0.3 is 47.7 Å². The monoisotopic (exact) mass is 750 g/mol. The van der Waals surface area contributed by atoms with E-state index >= 15 is 0 Å². The van der Waals surface area contributed by atoms with E-state index in [0.29, 0.717) is 13.2 Å². The third-order valence-corrected chi connectivity index (χ3v) is 9.37. The first kappa shape index (κ1) is 40.1. The van der Waals surface area contributed by atoms with Crippen LogP contribution >= 0.6 is 0 Å². The molecular weight excluding hydrogens is 700 g/mol. The minimum absolute atomic E-state index is 0.110. The number of methoxy groups -OCH3 is 2. The van der Waals surface area contributed by atoms with Gasteiger partial charge in [0.2, 0.25) is 0 Å². The largest absolute Gasteiger partial charge is 0.497 e.